The second kappa shape index (κ2) is 9.05. The number of ether oxygens (including phenoxy) is 1. The number of nitrogens with one attached hydrogen (secondary N) is 2. The van der Waals surface area contributed by atoms with Crippen molar-refractivity contribution in [1.82, 2.24) is 5.32 Å². The van der Waals surface area contributed by atoms with Crippen LogP contribution < -0.4 is 15.4 Å². The molecular formula is C18H19ClN2O4. The van der Waals surface area contributed by atoms with Gasteiger partial charge in [0.05, 0.1) is 19.2 Å². The fourth-order valence-corrected chi connectivity index (χ4v) is 2.42. The molecule has 0 aliphatic carbocycles. The molecule has 1 atom stereocenters. The molecule has 2 rings (SSSR count). The molecule has 0 bridgehead atoms. The predicted molar refractivity (Wildman–Crippen MR) is 96.0 cm³/mol. The van der Waals surface area contributed by atoms with Crippen LogP contribution in [0.4, 0.5) is 5.69 Å². The Bertz CT molecular complexity index is 737. The van der Waals surface area contributed by atoms with Crippen LogP contribution in [-0.2, 0) is 16.1 Å². The first-order chi connectivity index (χ1) is 12.0. The summed E-state index contributed by atoms with van der Waals surface area (Å²) in [6, 6.07) is 13.2. The maximum atomic E-state index is 12.2. The van der Waals surface area contributed by atoms with Gasteiger partial charge in [0.1, 0.15) is 11.8 Å². The van der Waals surface area contributed by atoms with E-state index in [0.29, 0.717) is 23.0 Å². The number of aliphatic carboxylic acids is 1. The number of methoxy groups -OCH3 is 1. The van der Waals surface area contributed by atoms with E-state index in [1.165, 1.54) is 7.11 Å². The molecule has 0 aliphatic heterocycles. The highest BCUT2D eigenvalue weighted by Gasteiger charge is 2.21. The first kappa shape index (κ1) is 18.8. The lowest BCUT2D eigenvalue weighted by atomic mass is 10.1. The van der Waals surface area contributed by atoms with Gasteiger partial charge < -0.3 is 15.2 Å². The van der Waals surface area contributed by atoms with Gasteiger partial charge in [-0.3, -0.25) is 14.9 Å². The number of halogens is 1. The molecule has 25 heavy (non-hydrogen) atoms. The Hall–Kier alpha value is -2.57. The van der Waals surface area contributed by atoms with Crippen LogP contribution in [-0.4, -0.2) is 30.1 Å². The smallest absolute Gasteiger partial charge is 0.321 e. The number of hydrogen-bond acceptors (Lipinski definition) is 4. The largest absolute Gasteiger partial charge is 0.495 e. The number of hydrogen-bond donors (Lipinski definition) is 3. The fourth-order valence-electron chi connectivity index (χ4n) is 2.25. The first-order valence-electron chi connectivity index (χ1n) is 7.63. The lowest BCUT2D eigenvalue weighted by molar-refractivity contribution is -0.141. The molecule has 0 aliphatic rings. The molecule has 1 unspecified atom stereocenters. The molecule has 6 nitrogen and oxygen atoms in total. The number of carbonyl (C=O) groups excluding carboxylic acids is 1. The van der Waals surface area contributed by atoms with Crippen molar-refractivity contribution in [3.63, 3.8) is 0 Å². The van der Waals surface area contributed by atoms with Crippen LogP contribution in [0.2, 0.25) is 5.02 Å². The third kappa shape index (κ3) is 5.77. The van der Waals surface area contributed by atoms with Crippen molar-refractivity contribution in [2.75, 3.05) is 12.4 Å². The normalized spacial score (nSPS) is 11.6. The molecule has 1 amide bonds. The summed E-state index contributed by atoms with van der Waals surface area (Å²) in [5.74, 6) is -1.10. The standard InChI is InChI=1S/C18H19ClN2O4/c1-25-16-8-7-13(19)9-14(16)21-17(22)10-15(18(23)24)20-11-12-5-3-2-4-6-12/h2-9,15,20H,10-11H2,1H3,(H,21,22)(H,23,24). The molecule has 0 saturated heterocycles. The molecule has 2 aromatic carbocycles. The monoisotopic (exact) mass is 362 g/mol. The molecule has 0 radical (unpaired) electrons. The summed E-state index contributed by atoms with van der Waals surface area (Å²) in [6.45, 7) is 0.353. The number of carbonyl (C=O) groups is 2. The summed E-state index contributed by atoms with van der Waals surface area (Å²) in [6.07, 6.45) is -0.224. The Balaban J connectivity index is 1.98. The first-order valence-corrected chi connectivity index (χ1v) is 8.01. The maximum Gasteiger partial charge on any atom is 0.321 e. The zero-order valence-corrected chi connectivity index (χ0v) is 14.4. The number of anilines is 1. The van der Waals surface area contributed by atoms with Gasteiger partial charge in [-0.05, 0) is 23.8 Å². The number of amides is 1. The van der Waals surface area contributed by atoms with Crippen molar-refractivity contribution in [2.24, 2.45) is 0 Å². The minimum atomic E-state index is -1.09. The van der Waals surface area contributed by atoms with Gasteiger partial charge >= 0.3 is 5.97 Å². The van der Waals surface area contributed by atoms with E-state index in [4.69, 9.17) is 16.3 Å². The van der Waals surface area contributed by atoms with Crippen molar-refractivity contribution in [3.8, 4) is 5.75 Å². The summed E-state index contributed by atoms with van der Waals surface area (Å²) in [5.41, 5.74) is 1.33. The number of carboxylic acid groups (broad SMARTS) is 1. The molecule has 0 spiro atoms. The number of carboxylic acids is 1. The summed E-state index contributed by atoms with van der Waals surface area (Å²) < 4.78 is 5.15. The van der Waals surface area contributed by atoms with Crippen LogP contribution in [0.15, 0.2) is 48.5 Å². The fraction of sp³-hybridized carbons (Fsp3) is 0.222. The van der Waals surface area contributed by atoms with Gasteiger partial charge in [-0.15, -0.1) is 0 Å². The third-order valence-corrected chi connectivity index (χ3v) is 3.75. The molecule has 0 heterocycles. The Labute approximate surface area is 150 Å². The Morgan fingerprint density at radius 1 is 1.20 bits per heavy atom. The van der Waals surface area contributed by atoms with Crippen molar-refractivity contribution in [3.05, 3.63) is 59.1 Å². The average molecular weight is 363 g/mol. The number of rotatable bonds is 8. The van der Waals surface area contributed by atoms with E-state index in [9.17, 15) is 14.7 Å². The van der Waals surface area contributed by atoms with Crippen LogP contribution in [0.3, 0.4) is 0 Å². The Kier molecular flexibility index (Phi) is 6.80. The van der Waals surface area contributed by atoms with Gasteiger partial charge in [-0.1, -0.05) is 41.9 Å². The molecule has 0 aromatic heterocycles. The quantitative estimate of drug-likeness (QED) is 0.672. The maximum absolute atomic E-state index is 12.2. The molecule has 0 fully saturated rings. The van der Waals surface area contributed by atoms with Crippen LogP contribution >= 0.6 is 11.6 Å². The summed E-state index contributed by atoms with van der Waals surface area (Å²) in [5, 5.41) is 15.3. The van der Waals surface area contributed by atoms with E-state index < -0.39 is 17.9 Å². The SMILES string of the molecule is COc1ccc(Cl)cc1NC(=O)CC(NCc1ccccc1)C(=O)O. The Morgan fingerprint density at radius 3 is 2.56 bits per heavy atom. The van der Waals surface area contributed by atoms with Gasteiger partial charge in [0, 0.05) is 11.6 Å². The topological polar surface area (TPSA) is 87.7 Å². The van der Waals surface area contributed by atoms with E-state index in [-0.39, 0.29) is 6.42 Å². The van der Waals surface area contributed by atoms with Gasteiger partial charge in [0.2, 0.25) is 5.91 Å². The van der Waals surface area contributed by atoms with Gasteiger partial charge in [0.25, 0.3) is 0 Å². The molecule has 132 valence electrons. The van der Waals surface area contributed by atoms with E-state index in [2.05, 4.69) is 10.6 Å². The van der Waals surface area contributed by atoms with E-state index in [1.807, 2.05) is 30.3 Å². The molecule has 2 aromatic rings. The second-order valence-corrected chi connectivity index (χ2v) is 5.79. The molecule has 3 N–H and O–H groups in total. The summed E-state index contributed by atoms with van der Waals surface area (Å²) in [7, 11) is 1.47. The molecular weight excluding hydrogens is 344 g/mol. The second-order valence-electron chi connectivity index (χ2n) is 5.35. The summed E-state index contributed by atoms with van der Waals surface area (Å²) >= 11 is 5.92. The van der Waals surface area contributed by atoms with Crippen molar-refractivity contribution in [2.45, 2.75) is 19.0 Å². The Morgan fingerprint density at radius 2 is 1.92 bits per heavy atom. The van der Waals surface area contributed by atoms with Crippen molar-refractivity contribution >= 4 is 29.2 Å². The van der Waals surface area contributed by atoms with Crippen LogP contribution in [0, 0.1) is 0 Å². The lowest BCUT2D eigenvalue weighted by Gasteiger charge is -2.15. The zero-order chi connectivity index (χ0) is 18.2. The minimum absolute atomic E-state index is 0.224. The highest BCUT2D eigenvalue weighted by atomic mass is 35.5. The molecule has 7 heteroatoms. The van der Waals surface area contributed by atoms with Crippen LogP contribution in [0.25, 0.3) is 0 Å². The van der Waals surface area contributed by atoms with Gasteiger partial charge in [-0.25, -0.2) is 0 Å². The van der Waals surface area contributed by atoms with Gasteiger partial charge in [0.15, 0.2) is 0 Å². The van der Waals surface area contributed by atoms with E-state index in [1.54, 1.807) is 18.2 Å². The predicted octanol–water partition coefficient (Wildman–Crippen LogP) is 2.92. The lowest BCUT2D eigenvalue weighted by Crippen LogP contribution is -2.39. The average Bonchev–Trinajstić information content (AvgIpc) is 2.59. The summed E-state index contributed by atoms with van der Waals surface area (Å²) in [4.78, 5) is 23.6. The van der Waals surface area contributed by atoms with Crippen LogP contribution in [0.5, 0.6) is 5.75 Å². The molecule has 0 saturated carbocycles. The minimum Gasteiger partial charge on any atom is -0.495 e. The highest BCUT2D eigenvalue weighted by molar-refractivity contribution is 6.31. The van der Waals surface area contributed by atoms with Crippen molar-refractivity contribution in [1.29, 1.82) is 0 Å². The van der Waals surface area contributed by atoms with Gasteiger partial charge in [-0.2, -0.15) is 0 Å². The van der Waals surface area contributed by atoms with Crippen molar-refractivity contribution < 1.29 is 19.4 Å². The van der Waals surface area contributed by atoms with E-state index in [0.717, 1.165) is 5.56 Å². The zero-order valence-electron chi connectivity index (χ0n) is 13.7. The highest BCUT2D eigenvalue weighted by Crippen LogP contribution is 2.27. The van der Waals surface area contributed by atoms with E-state index >= 15 is 0 Å². The third-order valence-electron chi connectivity index (χ3n) is 3.52. The van der Waals surface area contributed by atoms with Crippen LogP contribution in [0.1, 0.15) is 12.0 Å². The number of benzene rings is 2.